The molecule has 0 saturated heterocycles. The van der Waals surface area contributed by atoms with Crippen molar-refractivity contribution in [2.45, 2.75) is 10.6 Å². The van der Waals surface area contributed by atoms with Crippen LogP contribution in [0, 0.1) is 11.3 Å². The third-order valence-corrected chi connectivity index (χ3v) is 7.06. The zero-order valence-electron chi connectivity index (χ0n) is 19.2. The molecule has 0 radical (unpaired) electrons. The van der Waals surface area contributed by atoms with E-state index in [1.54, 1.807) is 36.3 Å². The molecule has 5 nitrogen and oxygen atoms in total. The highest BCUT2D eigenvalue weighted by atomic mass is 32.2. The van der Waals surface area contributed by atoms with Crippen molar-refractivity contribution in [1.82, 2.24) is 4.98 Å². The minimum atomic E-state index is -0.932. The molecule has 1 heterocycles. The number of carbonyl (C=O) groups is 1. The molecule has 6 heteroatoms. The van der Waals surface area contributed by atoms with Crippen molar-refractivity contribution < 1.29 is 9.90 Å². The number of nitriles is 1. The lowest BCUT2D eigenvalue weighted by Crippen LogP contribution is -1.99. The summed E-state index contributed by atoms with van der Waals surface area (Å²) in [4.78, 5) is 16.9. The van der Waals surface area contributed by atoms with Crippen molar-refractivity contribution in [2.75, 3.05) is 5.32 Å². The van der Waals surface area contributed by atoms with E-state index in [9.17, 15) is 15.2 Å². The second-order valence-corrected chi connectivity index (χ2v) is 9.17. The summed E-state index contributed by atoms with van der Waals surface area (Å²) in [6.07, 6.45) is 3.58. The van der Waals surface area contributed by atoms with Gasteiger partial charge in [0.05, 0.1) is 29.1 Å². The largest absolute Gasteiger partial charge is 0.478 e. The predicted molar refractivity (Wildman–Crippen MR) is 145 cm³/mol. The van der Waals surface area contributed by atoms with Crippen LogP contribution < -0.4 is 5.32 Å². The smallest absolute Gasteiger partial charge is 0.336 e. The van der Waals surface area contributed by atoms with Crippen LogP contribution in [0.25, 0.3) is 21.9 Å². The van der Waals surface area contributed by atoms with Crippen molar-refractivity contribution in [2.24, 2.45) is 0 Å². The first-order valence-corrected chi connectivity index (χ1v) is 12.3. The highest BCUT2D eigenvalue weighted by Crippen LogP contribution is 2.35. The summed E-state index contributed by atoms with van der Waals surface area (Å²) in [6.45, 7) is 0. The number of pyridine rings is 1. The molecule has 0 aliphatic heterocycles. The molecule has 0 fully saturated rings. The molecule has 1 aromatic heterocycles. The first-order valence-electron chi connectivity index (χ1n) is 11.3. The quantitative estimate of drug-likeness (QED) is 0.231. The second kappa shape index (κ2) is 10.3. The van der Waals surface area contributed by atoms with Crippen molar-refractivity contribution in [3.05, 3.63) is 120 Å². The fourth-order valence-electron chi connectivity index (χ4n) is 4.12. The molecule has 5 aromatic rings. The predicted octanol–water partition coefficient (Wildman–Crippen LogP) is 7.51. The van der Waals surface area contributed by atoms with Gasteiger partial charge in [-0.2, -0.15) is 5.26 Å². The first-order chi connectivity index (χ1) is 17.6. The van der Waals surface area contributed by atoms with E-state index in [2.05, 4.69) is 16.4 Å². The summed E-state index contributed by atoms with van der Waals surface area (Å²) in [5.74, 6) is -0.189. The minimum Gasteiger partial charge on any atom is -0.478 e. The molecule has 2 N–H and O–H groups in total. The number of thioether (sulfide) groups is 1. The molecule has 0 unspecified atom stereocenters. The third-order valence-electron chi connectivity index (χ3n) is 5.91. The van der Waals surface area contributed by atoms with E-state index >= 15 is 0 Å². The second-order valence-electron chi connectivity index (χ2n) is 8.15. The van der Waals surface area contributed by atoms with E-state index in [0.29, 0.717) is 16.7 Å². The Balaban J connectivity index is 1.35. The molecule has 0 saturated carbocycles. The number of aromatic carboxylic acids is 1. The van der Waals surface area contributed by atoms with Gasteiger partial charge in [0.1, 0.15) is 0 Å². The zero-order chi connectivity index (χ0) is 24.9. The van der Waals surface area contributed by atoms with Crippen LogP contribution in [0.2, 0.25) is 0 Å². The Hall–Kier alpha value is -4.60. The molecular formula is C30H21N3O2S. The van der Waals surface area contributed by atoms with Gasteiger partial charge in [0.15, 0.2) is 0 Å². The Morgan fingerprint density at radius 1 is 0.889 bits per heavy atom. The van der Waals surface area contributed by atoms with Crippen LogP contribution in [0.4, 0.5) is 11.4 Å². The van der Waals surface area contributed by atoms with Crippen LogP contribution in [-0.2, 0) is 5.75 Å². The van der Waals surface area contributed by atoms with Crippen LogP contribution in [0.15, 0.2) is 108 Å². The Morgan fingerprint density at radius 2 is 1.64 bits per heavy atom. The van der Waals surface area contributed by atoms with E-state index in [1.807, 2.05) is 78.9 Å². The maximum atomic E-state index is 11.6. The number of aromatic nitrogens is 1. The number of fused-ring (bicyclic) bond motifs is 1. The summed E-state index contributed by atoms with van der Waals surface area (Å²) >= 11 is 1.69. The maximum Gasteiger partial charge on any atom is 0.336 e. The van der Waals surface area contributed by atoms with Crippen molar-refractivity contribution in [3.63, 3.8) is 0 Å². The van der Waals surface area contributed by atoms with Crippen molar-refractivity contribution in [3.8, 4) is 17.2 Å². The lowest BCUT2D eigenvalue weighted by molar-refractivity contribution is 0.0697. The molecule has 0 aliphatic rings. The van der Waals surface area contributed by atoms with Crippen molar-refractivity contribution >= 4 is 39.9 Å². The summed E-state index contributed by atoms with van der Waals surface area (Å²) in [6, 6.07) is 30.9. The molecule has 0 aliphatic carbocycles. The standard InChI is InChI=1S/C30H21N3O2S/c31-17-22-13-14-27(25-7-3-1-6-24(22)25)33-28-18-32-16-15-29(28)36-19-20-9-11-21(12-10-20)23-5-2-4-8-26(23)30(34)35/h1-16,18,33H,19H2,(H,34,35). The monoisotopic (exact) mass is 487 g/mol. The zero-order valence-corrected chi connectivity index (χ0v) is 20.0. The average Bonchev–Trinajstić information content (AvgIpc) is 2.93. The Kier molecular flexibility index (Phi) is 6.65. The van der Waals surface area contributed by atoms with Crippen molar-refractivity contribution in [1.29, 1.82) is 5.26 Å². The molecule has 4 aromatic carbocycles. The van der Waals surface area contributed by atoms with E-state index in [-0.39, 0.29) is 0 Å². The highest BCUT2D eigenvalue weighted by molar-refractivity contribution is 7.98. The van der Waals surface area contributed by atoms with E-state index in [1.165, 1.54) is 0 Å². The molecule has 0 amide bonds. The van der Waals surface area contributed by atoms with Gasteiger partial charge in [-0.05, 0) is 41.0 Å². The van der Waals surface area contributed by atoms with Gasteiger partial charge in [-0.3, -0.25) is 4.98 Å². The van der Waals surface area contributed by atoms with Crippen LogP contribution in [-0.4, -0.2) is 16.1 Å². The minimum absolute atomic E-state index is 0.294. The molecule has 0 spiro atoms. The molecule has 36 heavy (non-hydrogen) atoms. The highest BCUT2D eigenvalue weighted by Gasteiger charge is 2.12. The fourth-order valence-corrected chi connectivity index (χ4v) is 5.05. The summed E-state index contributed by atoms with van der Waals surface area (Å²) in [5.41, 5.74) is 5.46. The molecule has 174 valence electrons. The number of carboxylic acid groups (broad SMARTS) is 1. The van der Waals surface area contributed by atoms with E-state index in [4.69, 9.17) is 0 Å². The van der Waals surface area contributed by atoms with Gasteiger partial charge >= 0.3 is 5.97 Å². The third kappa shape index (κ3) is 4.78. The van der Waals surface area contributed by atoms with E-state index in [0.717, 1.165) is 43.9 Å². The fraction of sp³-hybridized carbons (Fsp3) is 0.0333. The normalized spacial score (nSPS) is 10.6. The van der Waals surface area contributed by atoms with Crippen LogP contribution in [0.5, 0.6) is 0 Å². The Morgan fingerprint density at radius 3 is 2.42 bits per heavy atom. The van der Waals surface area contributed by atoms with Gasteiger partial charge in [0.2, 0.25) is 0 Å². The number of carboxylic acids is 1. The number of anilines is 2. The Bertz CT molecular complexity index is 1610. The molecule has 0 bridgehead atoms. The number of hydrogen-bond donors (Lipinski definition) is 2. The Labute approximate surface area is 213 Å². The SMILES string of the molecule is N#Cc1ccc(Nc2cnccc2SCc2ccc(-c3ccccc3C(=O)O)cc2)c2ccccc12. The van der Waals surface area contributed by atoms with Gasteiger partial charge in [-0.1, -0.05) is 66.7 Å². The van der Waals surface area contributed by atoms with Gasteiger partial charge < -0.3 is 10.4 Å². The molecule has 5 rings (SSSR count). The number of nitrogens with zero attached hydrogens (tertiary/aromatic N) is 2. The van der Waals surface area contributed by atoms with Crippen LogP contribution in [0.3, 0.4) is 0 Å². The van der Waals surface area contributed by atoms with Gasteiger partial charge in [0, 0.05) is 33.3 Å². The molecule has 0 atom stereocenters. The lowest BCUT2D eigenvalue weighted by atomic mass is 9.99. The van der Waals surface area contributed by atoms with Crippen LogP contribution >= 0.6 is 11.8 Å². The lowest BCUT2D eigenvalue weighted by Gasteiger charge is -2.14. The topological polar surface area (TPSA) is 86.0 Å². The van der Waals surface area contributed by atoms with Crippen LogP contribution in [0.1, 0.15) is 21.5 Å². The number of benzene rings is 4. The summed E-state index contributed by atoms with van der Waals surface area (Å²) in [5, 5.41) is 24.3. The van der Waals surface area contributed by atoms with E-state index < -0.39 is 5.97 Å². The van der Waals surface area contributed by atoms with Gasteiger partial charge in [-0.25, -0.2) is 4.79 Å². The van der Waals surface area contributed by atoms with Gasteiger partial charge in [0.25, 0.3) is 0 Å². The maximum absolute atomic E-state index is 11.6. The first kappa shape index (κ1) is 23.2. The number of hydrogen-bond acceptors (Lipinski definition) is 5. The molecular weight excluding hydrogens is 466 g/mol. The summed E-state index contributed by atoms with van der Waals surface area (Å²) in [7, 11) is 0. The number of nitrogens with one attached hydrogen (secondary N) is 1. The summed E-state index contributed by atoms with van der Waals surface area (Å²) < 4.78 is 0. The van der Waals surface area contributed by atoms with Gasteiger partial charge in [-0.15, -0.1) is 11.8 Å². The number of rotatable bonds is 7. The average molecular weight is 488 g/mol.